The third-order valence-corrected chi connectivity index (χ3v) is 0.587. The lowest BCUT2D eigenvalue weighted by Crippen LogP contribution is -1.70. The standard InChI is InChI=1S/C3Cl2FO/c4-3(5)2(6)1-7. The number of carbonyl (C=O) groups excluding carboxylic acids is 1. The summed E-state index contributed by atoms with van der Waals surface area (Å²) < 4.78 is 10.8. The molecule has 0 N–H and O–H groups in total. The largest absolute Gasteiger partial charge is 0.282 e. The van der Waals surface area contributed by atoms with Gasteiger partial charge >= 0.3 is 0 Å². The predicted molar refractivity (Wildman–Crippen MR) is 25.5 cm³/mol. The van der Waals surface area contributed by atoms with E-state index in [-0.39, 0.29) is 0 Å². The molecule has 0 saturated heterocycles. The molecule has 0 aromatic rings. The Balaban J connectivity index is 3.98. The first kappa shape index (κ1) is 6.92. The molecule has 0 saturated carbocycles. The summed E-state index contributed by atoms with van der Waals surface area (Å²) >= 11 is 9.47. The molecule has 0 aliphatic rings. The quantitative estimate of drug-likeness (QED) is 0.509. The van der Waals surface area contributed by atoms with E-state index >= 15 is 0 Å². The fourth-order valence-electron chi connectivity index (χ4n) is 0.0386. The number of hydrogen-bond acceptors (Lipinski definition) is 1. The summed E-state index contributed by atoms with van der Waals surface area (Å²) in [5.41, 5.74) is 0. The van der Waals surface area contributed by atoms with Crippen LogP contribution in [0.3, 0.4) is 0 Å². The van der Waals surface area contributed by atoms with Crippen molar-refractivity contribution >= 4 is 29.5 Å². The molecule has 0 rings (SSSR count). The van der Waals surface area contributed by atoms with Crippen LogP contribution in [-0.4, -0.2) is 6.29 Å². The van der Waals surface area contributed by atoms with Crippen LogP contribution < -0.4 is 0 Å². The molecule has 0 aliphatic heterocycles. The van der Waals surface area contributed by atoms with Crippen molar-refractivity contribution in [3.05, 3.63) is 10.3 Å². The highest BCUT2D eigenvalue weighted by Crippen LogP contribution is 2.12. The molecule has 4 heteroatoms. The first-order valence-electron chi connectivity index (χ1n) is 1.27. The maximum atomic E-state index is 11.4. The van der Waals surface area contributed by atoms with Gasteiger partial charge in [-0.3, -0.25) is 4.79 Å². The molecular formula is C3Cl2FO. The van der Waals surface area contributed by atoms with Crippen molar-refractivity contribution in [3.8, 4) is 0 Å². The van der Waals surface area contributed by atoms with E-state index in [1.807, 2.05) is 0 Å². The average Bonchev–Trinajstić information content (AvgIpc) is 1.65. The highest BCUT2D eigenvalue weighted by atomic mass is 35.5. The predicted octanol–water partition coefficient (Wildman–Crippen LogP) is 1.71. The van der Waals surface area contributed by atoms with Gasteiger partial charge in [-0.25, -0.2) is 0 Å². The maximum absolute atomic E-state index is 11.4. The van der Waals surface area contributed by atoms with Crippen molar-refractivity contribution in [2.75, 3.05) is 0 Å². The lowest BCUT2D eigenvalue weighted by molar-refractivity contribution is 0.542. The van der Waals surface area contributed by atoms with Crippen LogP contribution >= 0.6 is 23.2 Å². The van der Waals surface area contributed by atoms with Crippen LogP contribution in [0.5, 0.6) is 0 Å². The van der Waals surface area contributed by atoms with Gasteiger partial charge in [0, 0.05) is 0 Å². The zero-order chi connectivity index (χ0) is 5.86. The Morgan fingerprint density at radius 1 is 1.57 bits per heavy atom. The van der Waals surface area contributed by atoms with Gasteiger partial charge < -0.3 is 0 Å². The molecule has 1 radical (unpaired) electrons. The van der Waals surface area contributed by atoms with Crippen molar-refractivity contribution in [2.24, 2.45) is 0 Å². The number of rotatable bonds is 1. The lowest BCUT2D eigenvalue weighted by Gasteiger charge is -1.75. The van der Waals surface area contributed by atoms with E-state index in [1.165, 1.54) is 0 Å². The Morgan fingerprint density at radius 3 is 2.00 bits per heavy atom. The molecule has 39 valence electrons. The maximum Gasteiger partial charge on any atom is 0.266 e. The monoisotopic (exact) mass is 141 g/mol. The molecule has 0 atom stereocenters. The highest BCUT2D eigenvalue weighted by Gasteiger charge is 1.96. The van der Waals surface area contributed by atoms with Crippen LogP contribution in [0.2, 0.25) is 0 Å². The highest BCUT2D eigenvalue weighted by molar-refractivity contribution is 6.56. The topological polar surface area (TPSA) is 17.1 Å². The third kappa shape index (κ3) is 2.60. The molecule has 1 nitrogen and oxygen atoms in total. The molecule has 0 aliphatic carbocycles. The minimum Gasteiger partial charge on any atom is -0.282 e. The average molecular weight is 142 g/mol. The van der Waals surface area contributed by atoms with Crippen molar-refractivity contribution in [1.29, 1.82) is 0 Å². The second-order valence-corrected chi connectivity index (χ2v) is 1.63. The molecule has 0 heterocycles. The Hall–Kier alpha value is -0.0800. The zero-order valence-corrected chi connectivity index (χ0v) is 4.55. The minimum absolute atomic E-state index is 0.685. The van der Waals surface area contributed by atoms with Gasteiger partial charge in [0.2, 0.25) is 5.83 Å². The number of hydrogen-bond donors (Lipinski definition) is 0. The molecule has 0 spiro atoms. The van der Waals surface area contributed by atoms with Gasteiger partial charge in [-0.1, -0.05) is 23.2 Å². The molecule has 0 fully saturated rings. The Bertz CT molecular complexity index is 106. The van der Waals surface area contributed by atoms with Gasteiger partial charge in [0.15, 0.2) is 0 Å². The van der Waals surface area contributed by atoms with Crippen LogP contribution in [0.1, 0.15) is 0 Å². The van der Waals surface area contributed by atoms with Gasteiger partial charge in [-0.05, 0) is 0 Å². The van der Waals surface area contributed by atoms with E-state index in [2.05, 4.69) is 0 Å². The van der Waals surface area contributed by atoms with E-state index < -0.39 is 10.3 Å². The summed E-state index contributed by atoms with van der Waals surface area (Å²) in [6.45, 7) is 0. The summed E-state index contributed by atoms with van der Waals surface area (Å²) in [4.78, 5) is 9.22. The van der Waals surface area contributed by atoms with Gasteiger partial charge in [0.25, 0.3) is 6.29 Å². The van der Waals surface area contributed by atoms with E-state index in [9.17, 15) is 9.18 Å². The molecule has 0 aromatic heterocycles. The van der Waals surface area contributed by atoms with Crippen LogP contribution in [-0.2, 0) is 4.79 Å². The second-order valence-electron chi connectivity index (χ2n) is 0.676. The first-order chi connectivity index (χ1) is 3.18. The van der Waals surface area contributed by atoms with E-state index in [4.69, 9.17) is 23.2 Å². The molecular weight excluding hydrogens is 142 g/mol. The fourth-order valence-corrected chi connectivity index (χ4v) is 0.116. The SMILES string of the molecule is O=[C]C(F)=C(Cl)Cl. The summed E-state index contributed by atoms with van der Waals surface area (Å²) in [5.74, 6) is -1.26. The molecule has 0 unspecified atom stereocenters. The third-order valence-electron chi connectivity index (χ3n) is 0.256. The van der Waals surface area contributed by atoms with Crippen LogP contribution in [0.15, 0.2) is 10.3 Å². The zero-order valence-electron chi connectivity index (χ0n) is 3.04. The lowest BCUT2D eigenvalue weighted by atomic mass is 10.7. The van der Waals surface area contributed by atoms with Crippen LogP contribution in [0.25, 0.3) is 0 Å². The van der Waals surface area contributed by atoms with Crippen molar-refractivity contribution < 1.29 is 9.18 Å². The molecule has 0 bridgehead atoms. The second kappa shape index (κ2) is 2.99. The van der Waals surface area contributed by atoms with Gasteiger partial charge in [0.05, 0.1) is 0 Å². The van der Waals surface area contributed by atoms with Crippen LogP contribution in [0.4, 0.5) is 4.39 Å². The van der Waals surface area contributed by atoms with Gasteiger partial charge in [-0.2, -0.15) is 4.39 Å². The number of halogens is 3. The molecule has 0 amide bonds. The van der Waals surface area contributed by atoms with Gasteiger partial charge in [-0.15, -0.1) is 0 Å². The summed E-state index contributed by atoms with van der Waals surface area (Å²) in [6.07, 6.45) is 0.863. The Kier molecular flexibility index (Phi) is 2.96. The minimum atomic E-state index is -1.26. The number of allylic oxidation sites excluding steroid dienone is 1. The normalized spacial score (nSPS) is 7.86. The summed E-state index contributed by atoms with van der Waals surface area (Å²) in [7, 11) is 0. The van der Waals surface area contributed by atoms with E-state index in [1.54, 1.807) is 0 Å². The first-order valence-corrected chi connectivity index (χ1v) is 2.03. The van der Waals surface area contributed by atoms with E-state index in [0.29, 0.717) is 0 Å². The summed E-state index contributed by atoms with van der Waals surface area (Å²) in [5, 5.41) is 0. The van der Waals surface area contributed by atoms with Crippen molar-refractivity contribution in [3.63, 3.8) is 0 Å². The summed E-state index contributed by atoms with van der Waals surface area (Å²) in [6, 6.07) is 0. The van der Waals surface area contributed by atoms with E-state index in [0.717, 1.165) is 6.29 Å². The van der Waals surface area contributed by atoms with Crippen molar-refractivity contribution in [2.45, 2.75) is 0 Å². The van der Waals surface area contributed by atoms with Crippen molar-refractivity contribution in [1.82, 2.24) is 0 Å². The Labute approximate surface area is 49.7 Å². The van der Waals surface area contributed by atoms with Gasteiger partial charge in [0.1, 0.15) is 4.49 Å². The molecule has 7 heavy (non-hydrogen) atoms. The molecule has 0 aromatic carbocycles. The smallest absolute Gasteiger partial charge is 0.266 e. The Morgan fingerprint density at radius 2 is 2.00 bits per heavy atom. The van der Waals surface area contributed by atoms with Crippen LogP contribution in [0, 0.1) is 0 Å². The fraction of sp³-hybridized carbons (Fsp3) is 0.